The molecule has 4 saturated carbocycles. The second-order valence-corrected chi connectivity index (χ2v) is 8.22. The molecule has 2 N–H and O–H groups in total. The second kappa shape index (κ2) is 3.98. The summed E-state index contributed by atoms with van der Waals surface area (Å²) < 4.78 is 0. The first-order valence-electron chi connectivity index (χ1n) is 7.69. The summed E-state index contributed by atoms with van der Waals surface area (Å²) in [6, 6.07) is 0. The van der Waals surface area contributed by atoms with E-state index < -0.39 is 0 Å². The van der Waals surface area contributed by atoms with E-state index in [1.807, 2.05) is 0 Å². The third kappa shape index (κ3) is 1.95. The monoisotopic (exact) mass is 235 g/mol. The molecule has 1 atom stereocenters. The fourth-order valence-corrected chi connectivity index (χ4v) is 5.71. The Labute approximate surface area is 107 Å². The van der Waals surface area contributed by atoms with Crippen LogP contribution in [0.1, 0.15) is 52.9 Å². The number of hydrogen-bond donors (Lipinski definition) is 1. The topological polar surface area (TPSA) is 26.0 Å². The Morgan fingerprint density at radius 1 is 0.941 bits per heavy atom. The SMILES string of the molecule is CC(C)(C)C(CN)C1C2CC3CC(C2)CC1C3. The molecule has 0 aromatic carbocycles. The maximum atomic E-state index is 6.14. The van der Waals surface area contributed by atoms with E-state index in [0.717, 1.165) is 42.1 Å². The summed E-state index contributed by atoms with van der Waals surface area (Å²) in [6.07, 6.45) is 7.69. The second-order valence-electron chi connectivity index (χ2n) is 8.22. The van der Waals surface area contributed by atoms with Crippen molar-refractivity contribution < 1.29 is 0 Å². The Morgan fingerprint density at radius 3 is 1.76 bits per heavy atom. The summed E-state index contributed by atoms with van der Waals surface area (Å²) in [5.41, 5.74) is 6.54. The van der Waals surface area contributed by atoms with Crippen LogP contribution in [0.2, 0.25) is 0 Å². The smallest absolute Gasteiger partial charge is 0.00410 e. The van der Waals surface area contributed by atoms with Crippen LogP contribution < -0.4 is 5.73 Å². The molecule has 4 bridgehead atoms. The molecule has 4 fully saturated rings. The molecule has 0 heterocycles. The summed E-state index contributed by atoms with van der Waals surface area (Å²) in [7, 11) is 0. The van der Waals surface area contributed by atoms with Gasteiger partial charge in [0.25, 0.3) is 0 Å². The fourth-order valence-electron chi connectivity index (χ4n) is 5.71. The van der Waals surface area contributed by atoms with Crippen molar-refractivity contribution in [2.75, 3.05) is 6.54 Å². The number of nitrogens with two attached hydrogens (primary N) is 1. The first kappa shape index (κ1) is 12.0. The van der Waals surface area contributed by atoms with E-state index in [9.17, 15) is 0 Å². The van der Waals surface area contributed by atoms with Crippen molar-refractivity contribution in [2.45, 2.75) is 52.9 Å². The van der Waals surface area contributed by atoms with Crippen molar-refractivity contribution in [3.63, 3.8) is 0 Å². The lowest BCUT2D eigenvalue weighted by atomic mass is 9.47. The van der Waals surface area contributed by atoms with Crippen molar-refractivity contribution in [2.24, 2.45) is 46.7 Å². The molecule has 17 heavy (non-hydrogen) atoms. The van der Waals surface area contributed by atoms with Crippen molar-refractivity contribution in [1.82, 2.24) is 0 Å². The van der Waals surface area contributed by atoms with Crippen molar-refractivity contribution in [3.8, 4) is 0 Å². The van der Waals surface area contributed by atoms with Gasteiger partial charge in [-0.15, -0.1) is 0 Å². The van der Waals surface area contributed by atoms with Crippen LogP contribution in [0.15, 0.2) is 0 Å². The van der Waals surface area contributed by atoms with Crippen LogP contribution >= 0.6 is 0 Å². The molecule has 0 amide bonds. The highest BCUT2D eigenvalue weighted by atomic mass is 14.6. The van der Waals surface area contributed by atoms with Crippen molar-refractivity contribution in [1.29, 1.82) is 0 Å². The minimum Gasteiger partial charge on any atom is -0.330 e. The van der Waals surface area contributed by atoms with E-state index in [4.69, 9.17) is 5.73 Å². The molecule has 1 nitrogen and oxygen atoms in total. The minimum atomic E-state index is 0.398. The highest BCUT2D eigenvalue weighted by molar-refractivity contribution is 5.01. The van der Waals surface area contributed by atoms with Gasteiger partial charge in [-0.05, 0) is 79.6 Å². The number of rotatable bonds is 2. The van der Waals surface area contributed by atoms with Crippen LogP contribution in [0.5, 0.6) is 0 Å². The molecule has 1 unspecified atom stereocenters. The molecular formula is C16H29N. The summed E-state index contributed by atoms with van der Waals surface area (Å²) in [5.74, 6) is 5.93. The van der Waals surface area contributed by atoms with Crippen LogP contribution in [-0.2, 0) is 0 Å². The zero-order valence-corrected chi connectivity index (χ0v) is 11.8. The summed E-state index contributed by atoms with van der Waals surface area (Å²) in [6.45, 7) is 8.09. The lowest BCUT2D eigenvalue weighted by Gasteiger charge is -2.58. The first-order valence-corrected chi connectivity index (χ1v) is 7.69. The van der Waals surface area contributed by atoms with Crippen molar-refractivity contribution in [3.05, 3.63) is 0 Å². The highest BCUT2D eigenvalue weighted by Crippen LogP contribution is 2.60. The molecule has 0 saturated heterocycles. The molecule has 0 aliphatic heterocycles. The van der Waals surface area contributed by atoms with Crippen LogP contribution in [0, 0.1) is 40.9 Å². The van der Waals surface area contributed by atoms with Crippen molar-refractivity contribution >= 4 is 0 Å². The third-order valence-electron chi connectivity index (χ3n) is 6.13. The van der Waals surface area contributed by atoms with Gasteiger partial charge >= 0.3 is 0 Å². The molecule has 0 aromatic heterocycles. The predicted molar refractivity (Wildman–Crippen MR) is 72.5 cm³/mol. The Hall–Kier alpha value is -0.0400. The van der Waals surface area contributed by atoms with Gasteiger partial charge in [-0.3, -0.25) is 0 Å². The Bertz CT molecular complexity index is 260. The maximum absolute atomic E-state index is 6.14. The molecule has 1 heteroatoms. The summed E-state index contributed by atoms with van der Waals surface area (Å²) >= 11 is 0. The van der Waals surface area contributed by atoms with E-state index in [1.54, 1.807) is 6.42 Å². The Morgan fingerprint density at radius 2 is 1.41 bits per heavy atom. The minimum absolute atomic E-state index is 0.398. The van der Waals surface area contributed by atoms with E-state index in [2.05, 4.69) is 20.8 Å². The lowest BCUT2D eigenvalue weighted by molar-refractivity contribution is -0.0806. The Kier molecular flexibility index (Phi) is 2.81. The van der Waals surface area contributed by atoms with Gasteiger partial charge in [0.1, 0.15) is 0 Å². The largest absolute Gasteiger partial charge is 0.330 e. The molecule has 0 spiro atoms. The first-order chi connectivity index (χ1) is 7.99. The Balaban J connectivity index is 1.83. The van der Waals surface area contributed by atoms with E-state index in [0.29, 0.717) is 5.41 Å². The number of hydrogen-bond acceptors (Lipinski definition) is 1. The van der Waals surface area contributed by atoms with Crippen LogP contribution in [0.3, 0.4) is 0 Å². The van der Waals surface area contributed by atoms with Gasteiger partial charge in [0.05, 0.1) is 0 Å². The van der Waals surface area contributed by atoms with E-state index in [1.165, 1.54) is 25.7 Å². The van der Waals surface area contributed by atoms with Gasteiger partial charge < -0.3 is 5.73 Å². The van der Waals surface area contributed by atoms with Crippen LogP contribution in [-0.4, -0.2) is 6.54 Å². The van der Waals surface area contributed by atoms with Gasteiger partial charge in [-0.1, -0.05) is 20.8 Å². The zero-order chi connectivity index (χ0) is 12.2. The summed E-state index contributed by atoms with van der Waals surface area (Å²) in [4.78, 5) is 0. The van der Waals surface area contributed by atoms with Gasteiger partial charge in [-0.2, -0.15) is 0 Å². The zero-order valence-electron chi connectivity index (χ0n) is 11.8. The van der Waals surface area contributed by atoms with Gasteiger partial charge in [-0.25, -0.2) is 0 Å². The highest BCUT2D eigenvalue weighted by Gasteiger charge is 2.51. The average molecular weight is 235 g/mol. The van der Waals surface area contributed by atoms with E-state index >= 15 is 0 Å². The van der Waals surface area contributed by atoms with Crippen LogP contribution in [0.25, 0.3) is 0 Å². The quantitative estimate of drug-likeness (QED) is 0.776. The molecular weight excluding hydrogens is 206 g/mol. The predicted octanol–water partition coefficient (Wildman–Crippen LogP) is 3.68. The standard InChI is InChI=1S/C16H29N/c1-16(2,3)14(9-17)15-12-5-10-4-11(7-12)8-13(15)6-10/h10-15H,4-9,17H2,1-3H3. The normalized spacial score (nSPS) is 46.2. The molecule has 0 radical (unpaired) electrons. The van der Waals surface area contributed by atoms with Crippen LogP contribution in [0.4, 0.5) is 0 Å². The molecule has 98 valence electrons. The van der Waals surface area contributed by atoms with E-state index in [-0.39, 0.29) is 0 Å². The third-order valence-corrected chi connectivity index (χ3v) is 6.13. The van der Waals surface area contributed by atoms with Gasteiger partial charge in [0.2, 0.25) is 0 Å². The fraction of sp³-hybridized carbons (Fsp3) is 1.00. The van der Waals surface area contributed by atoms with Gasteiger partial charge in [0, 0.05) is 0 Å². The molecule has 4 aliphatic carbocycles. The molecule has 4 rings (SSSR count). The molecule has 4 aliphatic rings. The summed E-state index contributed by atoms with van der Waals surface area (Å²) in [5, 5.41) is 0. The lowest BCUT2D eigenvalue weighted by Crippen LogP contribution is -2.51. The average Bonchev–Trinajstić information content (AvgIpc) is 2.20. The maximum Gasteiger partial charge on any atom is -0.00410 e. The van der Waals surface area contributed by atoms with Gasteiger partial charge in [0.15, 0.2) is 0 Å². The molecule has 0 aromatic rings.